The first-order valence-electron chi connectivity index (χ1n) is 17.6. The number of carbonyl (C=O) groups is 5. The molecule has 0 spiro atoms. The molecule has 0 radical (unpaired) electrons. The summed E-state index contributed by atoms with van der Waals surface area (Å²) in [6, 6.07) is 12.8. The van der Waals surface area contributed by atoms with Crippen LogP contribution < -0.4 is 20.7 Å². The molecule has 14 nitrogen and oxygen atoms in total. The Hall–Kier alpha value is -5.97. The molecule has 1 fully saturated rings. The summed E-state index contributed by atoms with van der Waals surface area (Å²) in [6.45, 7) is -0.409. The number of amides is 4. The lowest BCUT2D eigenvalue weighted by Crippen LogP contribution is -2.60. The van der Waals surface area contributed by atoms with Crippen LogP contribution in [0.5, 0.6) is 5.75 Å². The number of nitrogens with one attached hydrogen (secondary N) is 3. The maximum Gasteiger partial charge on any atom is 0.405 e. The van der Waals surface area contributed by atoms with E-state index < -0.39 is 106 Å². The first-order chi connectivity index (χ1) is 27.2. The van der Waals surface area contributed by atoms with Crippen LogP contribution in [0.4, 0.5) is 22.0 Å². The molecule has 4 rings (SSSR count). The molecule has 2 heterocycles. The van der Waals surface area contributed by atoms with Crippen molar-refractivity contribution in [2.75, 3.05) is 20.2 Å². The number of hydrogen-bond donors (Lipinski definition) is 3. The fourth-order valence-corrected chi connectivity index (χ4v) is 7.89. The number of rotatable bonds is 16. The molecule has 3 N–H and O–H groups in total. The second-order valence-electron chi connectivity index (χ2n) is 13.7. The Balaban J connectivity index is 1.72. The molecule has 2 unspecified atom stereocenters. The Morgan fingerprint density at radius 3 is 2.24 bits per heavy atom. The molecule has 0 aliphatic carbocycles. The highest BCUT2D eigenvalue weighted by molar-refractivity contribution is 7.91. The number of ketones is 1. The maximum absolute atomic E-state index is 15.0. The van der Waals surface area contributed by atoms with Gasteiger partial charge in [-0.15, -0.1) is 0 Å². The minimum Gasteiger partial charge on any atom is -0.497 e. The summed E-state index contributed by atoms with van der Waals surface area (Å²) in [5.74, 6) is -14.3. The molecule has 310 valence electrons. The molecule has 1 aromatic heterocycles. The molecule has 2 aromatic carbocycles. The standard InChI is InChI=1S/C38H39F5N6O8S/c1-22(2)31(32(50)38(42,43)36(54)46-21-37(39,40)41)48-34(52)30-17-27(58(55,56)20-23-10-12-26(57-3)13-11-23)19-49(30)35(53)29(16-24-7-6-8-25(15-24)18-44)47-33(51)28-9-4-5-14-45-28/h4-15,22,27,29-31H,16-17,19-21H2,1-3H3,(H,46,54)(H,47,51)(H,48,52)/t27-,29?,30+,31?/m1/s1. The summed E-state index contributed by atoms with van der Waals surface area (Å²) in [6.07, 6.45) is -4.66. The van der Waals surface area contributed by atoms with Gasteiger partial charge in [0.05, 0.1) is 35.8 Å². The van der Waals surface area contributed by atoms with E-state index in [0.29, 0.717) is 16.9 Å². The average molecular weight is 835 g/mol. The van der Waals surface area contributed by atoms with Crippen molar-refractivity contribution in [3.05, 3.63) is 95.3 Å². The molecule has 1 saturated heterocycles. The molecule has 3 aromatic rings. The van der Waals surface area contributed by atoms with E-state index in [0.717, 1.165) is 10.2 Å². The highest BCUT2D eigenvalue weighted by Crippen LogP contribution is 2.29. The number of methoxy groups -OCH3 is 1. The van der Waals surface area contributed by atoms with Gasteiger partial charge >= 0.3 is 12.1 Å². The molecular weight excluding hydrogens is 796 g/mol. The normalized spacial score (nSPS) is 16.8. The smallest absolute Gasteiger partial charge is 0.405 e. The lowest BCUT2D eigenvalue weighted by atomic mass is 9.94. The van der Waals surface area contributed by atoms with Crippen molar-refractivity contribution in [2.45, 2.75) is 67.9 Å². The number of ether oxygens (including phenoxy) is 1. The zero-order valence-corrected chi connectivity index (χ0v) is 32.1. The van der Waals surface area contributed by atoms with Gasteiger partial charge in [-0.3, -0.25) is 29.0 Å². The number of carbonyl (C=O) groups excluding carboxylic acids is 5. The van der Waals surface area contributed by atoms with Crippen LogP contribution in [0.2, 0.25) is 0 Å². The third-order valence-corrected chi connectivity index (χ3v) is 11.3. The maximum atomic E-state index is 15.0. The van der Waals surface area contributed by atoms with Gasteiger partial charge in [0.15, 0.2) is 9.84 Å². The number of nitrogens with zero attached hydrogens (tertiary/aromatic N) is 3. The first kappa shape index (κ1) is 44.7. The number of halogens is 5. The van der Waals surface area contributed by atoms with E-state index in [-0.39, 0.29) is 17.7 Å². The van der Waals surface area contributed by atoms with Gasteiger partial charge in [-0.2, -0.15) is 27.2 Å². The summed E-state index contributed by atoms with van der Waals surface area (Å²) >= 11 is 0. The number of likely N-dealkylation sites (tertiary alicyclic amines) is 1. The second kappa shape index (κ2) is 18.5. The zero-order valence-electron chi connectivity index (χ0n) is 31.3. The highest BCUT2D eigenvalue weighted by Gasteiger charge is 2.53. The lowest BCUT2D eigenvalue weighted by Gasteiger charge is -2.31. The Morgan fingerprint density at radius 1 is 0.966 bits per heavy atom. The average Bonchev–Trinajstić information content (AvgIpc) is 3.65. The number of nitriles is 1. The number of Topliss-reactive ketones (excluding diaryl/α,β-unsaturated/α-hetero) is 1. The predicted octanol–water partition coefficient (Wildman–Crippen LogP) is 2.91. The van der Waals surface area contributed by atoms with E-state index >= 15 is 8.78 Å². The van der Waals surface area contributed by atoms with E-state index in [1.54, 1.807) is 6.07 Å². The van der Waals surface area contributed by atoms with E-state index in [2.05, 4.69) is 15.6 Å². The van der Waals surface area contributed by atoms with Gasteiger partial charge in [0.2, 0.25) is 17.6 Å². The van der Waals surface area contributed by atoms with Gasteiger partial charge in [-0.05, 0) is 59.9 Å². The van der Waals surface area contributed by atoms with E-state index in [9.17, 15) is 50.8 Å². The topological polar surface area (TPSA) is 205 Å². The molecular formula is C38H39F5N6O8S. The molecule has 1 aliphatic rings. The summed E-state index contributed by atoms with van der Waals surface area (Å²) in [5, 5.41) is 13.6. The minimum absolute atomic E-state index is 0.111. The van der Waals surface area contributed by atoms with E-state index in [1.165, 1.54) is 87.8 Å². The van der Waals surface area contributed by atoms with Crippen LogP contribution in [-0.2, 0) is 41.2 Å². The number of pyridine rings is 1. The SMILES string of the molecule is COc1ccc(CS(=O)(=O)[C@@H]2C[C@@H](C(=O)NC(C(=O)C(F)(F)C(=O)NCC(F)(F)F)C(C)C)N(C(=O)C(Cc3cccc(C#N)c3)NC(=O)c3ccccn3)C2)cc1. The number of aromatic nitrogens is 1. The van der Waals surface area contributed by atoms with Crippen molar-refractivity contribution in [3.63, 3.8) is 0 Å². The number of sulfone groups is 1. The van der Waals surface area contributed by atoms with Crippen molar-refractivity contribution < 1.29 is 59.1 Å². The Kier molecular flexibility index (Phi) is 14.3. The largest absolute Gasteiger partial charge is 0.497 e. The third kappa shape index (κ3) is 11.3. The van der Waals surface area contributed by atoms with Gasteiger partial charge in [0.25, 0.3) is 11.8 Å². The summed E-state index contributed by atoms with van der Waals surface area (Å²) in [5.41, 5.74) is 0.788. The monoisotopic (exact) mass is 834 g/mol. The number of alkyl halides is 5. The Labute approximate surface area is 330 Å². The first-order valence-corrected chi connectivity index (χ1v) is 19.3. The van der Waals surface area contributed by atoms with Gasteiger partial charge in [-0.1, -0.05) is 44.2 Å². The van der Waals surface area contributed by atoms with Crippen molar-refractivity contribution >= 4 is 39.2 Å². The van der Waals surface area contributed by atoms with E-state index in [1.807, 2.05) is 6.07 Å². The van der Waals surface area contributed by atoms with Gasteiger partial charge in [-0.25, -0.2) is 8.42 Å². The second-order valence-corrected chi connectivity index (χ2v) is 16.0. The van der Waals surface area contributed by atoms with Gasteiger partial charge < -0.3 is 25.6 Å². The van der Waals surface area contributed by atoms with Crippen LogP contribution >= 0.6 is 0 Å². The number of hydrogen-bond acceptors (Lipinski definition) is 10. The van der Waals surface area contributed by atoms with Gasteiger partial charge in [0, 0.05) is 19.2 Å². The molecule has 58 heavy (non-hydrogen) atoms. The molecule has 20 heteroatoms. The molecule has 4 atom stereocenters. The quantitative estimate of drug-likeness (QED) is 0.142. The van der Waals surface area contributed by atoms with Crippen LogP contribution in [-0.4, -0.2) is 103 Å². The number of benzene rings is 2. The third-order valence-electron chi connectivity index (χ3n) is 9.17. The van der Waals surface area contributed by atoms with Crippen LogP contribution in [0.15, 0.2) is 72.9 Å². The molecule has 0 bridgehead atoms. The fourth-order valence-electron chi connectivity index (χ4n) is 6.14. The van der Waals surface area contributed by atoms with Crippen LogP contribution in [0.25, 0.3) is 0 Å². The summed E-state index contributed by atoms with van der Waals surface area (Å²) in [7, 11) is -2.81. The minimum atomic E-state index is -5.09. The lowest BCUT2D eigenvalue weighted by molar-refractivity contribution is -0.165. The zero-order chi connectivity index (χ0) is 43.0. The van der Waals surface area contributed by atoms with Crippen LogP contribution in [0, 0.1) is 17.2 Å². The fraction of sp³-hybridized carbons (Fsp3) is 0.395. The highest BCUT2D eigenvalue weighted by atomic mass is 32.2. The van der Waals surface area contributed by atoms with Crippen molar-refractivity contribution in [2.24, 2.45) is 5.92 Å². The Morgan fingerprint density at radius 2 is 1.66 bits per heavy atom. The predicted molar refractivity (Wildman–Crippen MR) is 196 cm³/mol. The molecule has 4 amide bonds. The van der Waals surface area contributed by atoms with Crippen LogP contribution in [0.3, 0.4) is 0 Å². The van der Waals surface area contributed by atoms with Crippen LogP contribution in [0.1, 0.15) is 47.4 Å². The molecule has 1 aliphatic heterocycles. The van der Waals surface area contributed by atoms with Crippen molar-refractivity contribution in [3.8, 4) is 11.8 Å². The van der Waals surface area contributed by atoms with Gasteiger partial charge in [0.1, 0.15) is 30.1 Å². The molecule has 0 saturated carbocycles. The van der Waals surface area contributed by atoms with Crippen molar-refractivity contribution in [1.29, 1.82) is 5.26 Å². The summed E-state index contributed by atoms with van der Waals surface area (Å²) in [4.78, 5) is 71.9. The summed E-state index contributed by atoms with van der Waals surface area (Å²) < 4.78 is 101. The Bertz CT molecular complexity index is 2150. The van der Waals surface area contributed by atoms with Crippen molar-refractivity contribution in [1.82, 2.24) is 25.8 Å². The van der Waals surface area contributed by atoms with E-state index in [4.69, 9.17) is 4.74 Å².